The first-order valence-corrected chi connectivity index (χ1v) is 7.10. The van der Waals surface area contributed by atoms with Crippen molar-refractivity contribution >= 4 is 17.5 Å². The van der Waals surface area contributed by atoms with E-state index in [1.165, 1.54) is 12.5 Å². The molecule has 0 aliphatic heterocycles. The molecule has 1 rings (SSSR count). The monoisotopic (exact) mass is 291 g/mol. The Morgan fingerprint density at radius 1 is 1.14 bits per heavy atom. The van der Waals surface area contributed by atoms with Crippen LogP contribution in [0.4, 0.5) is 5.69 Å². The lowest BCUT2D eigenvalue weighted by molar-refractivity contribution is -0.118. The van der Waals surface area contributed by atoms with Crippen LogP contribution in [0.2, 0.25) is 0 Å². The van der Waals surface area contributed by atoms with E-state index in [0.29, 0.717) is 19.6 Å². The van der Waals surface area contributed by atoms with Crippen molar-refractivity contribution in [3.05, 3.63) is 28.8 Å². The average Bonchev–Trinajstić information content (AvgIpc) is 2.33. The molecule has 2 N–H and O–H groups in total. The maximum Gasteiger partial charge on any atom is 0.238 e. The van der Waals surface area contributed by atoms with Crippen LogP contribution in [-0.2, 0) is 9.59 Å². The predicted octanol–water partition coefficient (Wildman–Crippen LogP) is 1.62. The molecular weight excluding hydrogens is 266 g/mol. The van der Waals surface area contributed by atoms with Gasteiger partial charge in [-0.1, -0.05) is 17.7 Å². The molecule has 0 radical (unpaired) electrons. The van der Waals surface area contributed by atoms with E-state index in [1.807, 2.05) is 32.7 Å². The lowest BCUT2D eigenvalue weighted by Crippen LogP contribution is -2.36. The molecule has 21 heavy (non-hydrogen) atoms. The molecule has 116 valence electrons. The molecule has 0 saturated heterocycles. The van der Waals surface area contributed by atoms with Gasteiger partial charge >= 0.3 is 0 Å². The summed E-state index contributed by atoms with van der Waals surface area (Å²) in [4.78, 5) is 24.7. The molecule has 0 saturated carbocycles. The van der Waals surface area contributed by atoms with Crippen LogP contribution in [0.25, 0.3) is 0 Å². The molecule has 0 bridgehead atoms. The maximum atomic E-state index is 12.1. The molecule has 2 amide bonds. The van der Waals surface area contributed by atoms with Gasteiger partial charge in [0.1, 0.15) is 0 Å². The van der Waals surface area contributed by atoms with E-state index >= 15 is 0 Å². The lowest BCUT2D eigenvalue weighted by atomic mass is 10.1. The first-order chi connectivity index (χ1) is 9.79. The van der Waals surface area contributed by atoms with Gasteiger partial charge in [-0.3, -0.25) is 14.5 Å². The first kappa shape index (κ1) is 17.2. The topological polar surface area (TPSA) is 61.4 Å². The van der Waals surface area contributed by atoms with Crippen molar-refractivity contribution in [1.29, 1.82) is 0 Å². The summed E-state index contributed by atoms with van der Waals surface area (Å²) in [5, 5.41) is 5.68. The summed E-state index contributed by atoms with van der Waals surface area (Å²) >= 11 is 0. The Morgan fingerprint density at radius 3 is 2.24 bits per heavy atom. The number of nitrogens with one attached hydrogen (secondary N) is 2. The zero-order valence-corrected chi connectivity index (χ0v) is 13.5. The third-order valence-electron chi connectivity index (χ3n) is 3.22. The van der Waals surface area contributed by atoms with Crippen molar-refractivity contribution in [3.63, 3.8) is 0 Å². The third kappa shape index (κ3) is 5.95. The van der Waals surface area contributed by atoms with Crippen LogP contribution in [-0.4, -0.2) is 43.4 Å². The molecule has 1 aromatic rings. The summed E-state index contributed by atoms with van der Waals surface area (Å²) in [7, 11) is 1.86. The van der Waals surface area contributed by atoms with Gasteiger partial charge in [0.25, 0.3) is 0 Å². The highest BCUT2D eigenvalue weighted by molar-refractivity contribution is 5.93. The number of nitrogens with zero attached hydrogens (tertiary/aromatic N) is 1. The molecule has 0 aliphatic rings. The Morgan fingerprint density at radius 2 is 1.71 bits per heavy atom. The summed E-state index contributed by atoms with van der Waals surface area (Å²) in [6, 6.07) is 4.12. The molecular formula is C16H25N3O2. The third-order valence-corrected chi connectivity index (χ3v) is 3.22. The van der Waals surface area contributed by atoms with Crippen molar-refractivity contribution < 1.29 is 9.59 Å². The highest BCUT2D eigenvalue weighted by atomic mass is 16.2. The zero-order valence-electron chi connectivity index (χ0n) is 13.5. The number of likely N-dealkylation sites (N-methyl/N-ethyl adjacent to an activating group) is 1. The molecule has 0 heterocycles. The minimum absolute atomic E-state index is 0.0459. The molecule has 0 spiro atoms. The van der Waals surface area contributed by atoms with Crippen molar-refractivity contribution in [3.8, 4) is 0 Å². The molecule has 1 aromatic carbocycles. The molecule has 0 atom stereocenters. The van der Waals surface area contributed by atoms with Crippen LogP contribution in [0, 0.1) is 20.8 Å². The second-order valence-corrected chi connectivity index (χ2v) is 5.54. The number of anilines is 1. The van der Waals surface area contributed by atoms with E-state index in [9.17, 15) is 9.59 Å². The average molecular weight is 291 g/mol. The van der Waals surface area contributed by atoms with Crippen molar-refractivity contribution in [2.24, 2.45) is 0 Å². The van der Waals surface area contributed by atoms with E-state index in [4.69, 9.17) is 0 Å². The summed E-state index contributed by atoms with van der Waals surface area (Å²) in [5.41, 5.74) is 4.22. The van der Waals surface area contributed by atoms with Gasteiger partial charge in [-0.05, 0) is 38.9 Å². The Kier molecular flexibility index (Phi) is 6.37. The van der Waals surface area contributed by atoms with Gasteiger partial charge in [0.2, 0.25) is 11.8 Å². The van der Waals surface area contributed by atoms with Gasteiger partial charge in [-0.15, -0.1) is 0 Å². The quantitative estimate of drug-likeness (QED) is 0.837. The lowest BCUT2D eigenvalue weighted by Gasteiger charge is -2.18. The van der Waals surface area contributed by atoms with Gasteiger partial charge in [0.15, 0.2) is 0 Å². The molecule has 0 aliphatic carbocycles. The number of hydrogen-bond acceptors (Lipinski definition) is 3. The van der Waals surface area contributed by atoms with Crippen LogP contribution in [0.5, 0.6) is 0 Å². The fourth-order valence-electron chi connectivity index (χ4n) is 2.30. The van der Waals surface area contributed by atoms with Gasteiger partial charge in [-0.25, -0.2) is 0 Å². The van der Waals surface area contributed by atoms with Gasteiger partial charge in [-0.2, -0.15) is 0 Å². The second-order valence-electron chi connectivity index (χ2n) is 5.54. The van der Waals surface area contributed by atoms with Crippen LogP contribution < -0.4 is 10.6 Å². The highest BCUT2D eigenvalue weighted by Gasteiger charge is 2.10. The van der Waals surface area contributed by atoms with E-state index in [-0.39, 0.29) is 11.8 Å². The minimum Gasteiger partial charge on any atom is -0.355 e. The second kappa shape index (κ2) is 7.78. The number of benzene rings is 1. The Labute approximate surface area is 126 Å². The normalized spacial score (nSPS) is 10.6. The smallest absolute Gasteiger partial charge is 0.238 e. The molecule has 0 unspecified atom stereocenters. The predicted molar refractivity (Wildman–Crippen MR) is 85.5 cm³/mol. The summed E-state index contributed by atoms with van der Waals surface area (Å²) in [6.07, 6.45) is 0. The molecule has 0 aromatic heterocycles. The van der Waals surface area contributed by atoms with Crippen molar-refractivity contribution in [2.45, 2.75) is 27.7 Å². The van der Waals surface area contributed by atoms with E-state index < -0.39 is 0 Å². The van der Waals surface area contributed by atoms with Crippen molar-refractivity contribution in [2.75, 3.05) is 32.0 Å². The minimum atomic E-state index is -0.0567. The Balaban J connectivity index is 2.52. The summed E-state index contributed by atoms with van der Waals surface area (Å²) in [5.74, 6) is -0.103. The van der Waals surface area contributed by atoms with Crippen LogP contribution in [0.3, 0.4) is 0 Å². The summed E-state index contributed by atoms with van der Waals surface area (Å²) in [6.45, 7) is 9.00. The standard InChI is InChI=1S/C16H25N3O2/c1-11-8-12(2)16(13(3)9-11)18-15(21)10-19(5)7-6-17-14(4)20/h8-9H,6-7,10H2,1-5H3,(H,17,20)(H,18,21). The van der Waals surface area contributed by atoms with Crippen LogP contribution in [0.15, 0.2) is 12.1 Å². The van der Waals surface area contributed by atoms with E-state index in [2.05, 4.69) is 22.8 Å². The Hall–Kier alpha value is -1.88. The number of aryl methyl sites for hydroxylation is 3. The van der Waals surface area contributed by atoms with E-state index in [0.717, 1.165) is 16.8 Å². The van der Waals surface area contributed by atoms with Gasteiger partial charge in [0.05, 0.1) is 6.54 Å². The number of carbonyl (C=O) groups is 2. The van der Waals surface area contributed by atoms with Crippen LogP contribution >= 0.6 is 0 Å². The fraction of sp³-hybridized carbons (Fsp3) is 0.500. The SMILES string of the molecule is CC(=O)NCCN(C)CC(=O)Nc1c(C)cc(C)cc1C. The molecule has 5 nitrogen and oxygen atoms in total. The largest absolute Gasteiger partial charge is 0.355 e. The first-order valence-electron chi connectivity index (χ1n) is 7.10. The van der Waals surface area contributed by atoms with Gasteiger partial charge in [0, 0.05) is 25.7 Å². The van der Waals surface area contributed by atoms with E-state index in [1.54, 1.807) is 0 Å². The number of carbonyl (C=O) groups excluding carboxylic acids is 2. The Bertz CT molecular complexity index is 503. The number of amides is 2. The highest BCUT2D eigenvalue weighted by Crippen LogP contribution is 2.21. The van der Waals surface area contributed by atoms with Gasteiger partial charge < -0.3 is 10.6 Å². The zero-order chi connectivity index (χ0) is 16.0. The number of hydrogen-bond donors (Lipinski definition) is 2. The number of rotatable bonds is 6. The summed E-state index contributed by atoms with van der Waals surface area (Å²) < 4.78 is 0. The molecule has 0 fully saturated rings. The van der Waals surface area contributed by atoms with Crippen LogP contribution in [0.1, 0.15) is 23.6 Å². The van der Waals surface area contributed by atoms with Crippen molar-refractivity contribution in [1.82, 2.24) is 10.2 Å². The molecule has 5 heteroatoms. The fourth-order valence-corrected chi connectivity index (χ4v) is 2.30. The maximum absolute atomic E-state index is 12.1.